The summed E-state index contributed by atoms with van der Waals surface area (Å²) in [6, 6.07) is 2.22. The van der Waals surface area contributed by atoms with Crippen molar-refractivity contribution < 1.29 is 5.11 Å². The third kappa shape index (κ3) is 3.91. The summed E-state index contributed by atoms with van der Waals surface area (Å²) >= 11 is 0. The Bertz CT molecular complexity index is 786. The number of β-amino-alcohol motifs (C(OH)–C–C–N with tert-alkyl or cyclic N) is 1. The van der Waals surface area contributed by atoms with Crippen molar-refractivity contribution in [1.29, 1.82) is 0 Å². The lowest BCUT2D eigenvalue weighted by molar-refractivity contribution is 0.191. The number of nitrogens with zero attached hydrogens (tertiary/aromatic N) is 6. The fourth-order valence-corrected chi connectivity index (χ4v) is 4.06. The fraction of sp³-hybridized carbons (Fsp3) is 0.632. The zero-order valence-corrected chi connectivity index (χ0v) is 16.3. The fourth-order valence-electron chi connectivity index (χ4n) is 4.06. The van der Waals surface area contributed by atoms with Crippen molar-refractivity contribution in [3.63, 3.8) is 0 Å². The Hall–Kier alpha value is -2.19. The van der Waals surface area contributed by atoms with Gasteiger partial charge in [0.1, 0.15) is 18.0 Å². The van der Waals surface area contributed by atoms with Gasteiger partial charge in [0.15, 0.2) is 0 Å². The first kappa shape index (κ1) is 18.2. The Morgan fingerprint density at radius 2 is 2.11 bits per heavy atom. The molecule has 1 saturated heterocycles. The van der Waals surface area contributed by atoms with Gasteiger partial charge < -0.3 is 20.2 Å². The summed E-state index contributed by atoms with van der Waals surface area (Å²) in [5, 5.41) is 18.2. The van der Waals surface area contributed by atoms with E-state index < -0.39 is 0 Å². The van der Waals surface area contributed by atoms with E-state index >= 15 is 0 Å². The first-order valence-electron chi connectivity index (χ1n) is 9.71. The lowest BCUT2D eigenvalue weighted by Gasteiger charge is -2.28. The lowest BCUT2D eigenvalue weighted by atomic mass is 9.82. The van der Waals surface area contributed by atoms with Crippen LogP contribution < -0.4 is 10.2 Å². The normalized spacial score (nSPS) is 23.1. The summed E-state index contributed by atoms with van der Waals surface area (Å²) < 4.78 is 1.86. The van der Waals surface area contributed by atoms with Crippen molar-refractivity contribution >= 4 is 17.3 Å². The molecule has 2 aromatic heterocycles. The summed E-state index contributed by atoms with van der Waals surface area (Å²) in [7, 11) is 6.07. The summed E-state index contributed by atoms with van der Waals surface area (Å²) in [6.45, 7) is 1.49. The molecule has 2 N–H and O–H groups in total. The molecule has 27 heavy (non-hydrogen) atoms. The molecule has 0 aromatic carbocycles. The van der Waals surface area contributed by atoms with Gasteiger partial charge in [0.2, 0.25) is 0 Å². The van der Waals surface area contributed by atoms with Gasteiger partial charge in [-0.05, 0) is 33.4 Å². The summed E-state index contributed by atoms with van der Waals surface area (Å²) in [6.07, 6.45) is 7.75. The highest BCUT2D eigenvalue weighted by Crippen LogP contribution is 2.39. The molecule has 2 aliphatic rings. The number of aryl methyl sites for hydroxylation is 1. The van der Waals surface area contributed by atoms with Crippen molar-refractivity contribution in [2.75, 3.05) is 37.4 Å². The molecule has 2 fully saturated rings. The average Bonchev–Trinajstić information content (AvgIpc) is 3.08. The van der Waals surface area contributed by atoms with Crippen LogP contribution in [0.1, 0.15) is 37.3 Å². The van der Waals surface area contributed by atoms with Gasteiger partial charge in [-0.15, -0.1) is 0 Å². The number of aliphatic hydroxyl groups is 1. The largest absolute Gasteiger partial charge is 0.391 e. The standard InChI is InChI=1S/C19H29N7O/c1-24(2)9-14-7-15(27)10-26(14)18-8-17(20-12-21-18)22-16-11-25(3)23-19(16)13-5-4-6-13/h8,11-15,27H,4-7,9-10H2,1-3H3,(H,20,21,22)/t14-,15-/m1/s1. The number of rotatable bonds is 6. The second-order valence-corrected chi connectivity index (χ2v) is 8.07. The van der Waals surface area contributed by atoms with E-state index in [1.165, 1.54) is 19.3 Å². The predicted molar refractivity (Wildman–Crippen MR) is 105 cm³/mol. The Morgan fingerprint density at radius 1 is 1.30 bits per heavy atom. The Labute approximate surface area is 160 Å². The highest BCUT2D eigenvalue weighted by molar-refractivity contribution is 5.62. The second kappa shape index (κ2) is 7.44. The van der Waals surface area contributed by atoms with Crippen LogP contribution in [0.3, 0.4) is 0 Å². The summed E-state index contributed by atoms with van der Waals surface area (Å²) in [4.78, 5) is 13.2. The zero-order chi connectivity index (χ0) is 19.0. The van der Waals surface area contributed by atoms with Crippen LogP contribution in [0.15, 0.2) is 18.6 Å². The van der Waals surface area contributed by atoms with Gasteiger partial charge in [-0.25, -0.2) is 9.97 Å². The number of hydrogen-bond donors (Lipinski definition) is 2. The molecule has 0 radical (unpaired) electrons. The SMILES string of the molecule is CN(C)C[C@H]1C[C@@H](O)CN1c1cc(Nc2cn(C)nc2C2CCC2)ncn1. The quantitative estimate of drug-likeness (QED) is 0.800. The van der Waals surface area contributed by atoms with Crippen molar-refractivity contribution in [2.24, 2.45) is 7.05 Å². The van der Waals surface area contributed by atoms with E-state index in [0.29, 0.717) is 12.5 Å². The summed E-state index contributed by atoms with van der Waals surface area (Å²) in [5.74, 6) is 2.16. The molecule has 2 atom stereocenters. The monoisotopic (exact) mass is 371 g/mol. The molecular weight excluding hydrogens is 342 g/mol. The van der Waals surface area contributed by atoms with E-state index in [1.54, 1.807) is 6.33 Å². The van der Waals surface area contributed by atoms with Gasteiger partial charge in [-0.1, -0.05) is 6.42 Å². The van der Waals surface area contributed by atoms with Crippen LogP contribution >= 0.6 is 0 Å². The van der Waals surface area contributed by atoms with Crippen molar-refractivity contribution in [2.45, 2.75) is 43.7 Å². The molecule has 0 unspecified atom stereocenters. The van der Waals surface area contributed by atoms with Crippen LogP contribution in [0.2, 0.25) is 0 Å². The Balaban J connectivity index is 1.54. The number of aliphatic hydroxyl groups excluding tert-OH is 1. The third-order valence-corrected chi connectivity index (χ3v) is 5.53. The molecular formula is C19H29N7O. The van der Waals surface area contributed by atoms with Crippen LogP contribution in [0, 0.1) is 0 Å². The number of hydrogen-bond acceptors (Lipinski definition) is 7. The maximum Gasteiger partial charge on any atom is 0.135 e. The van der Waals surface area contributed by atoms with E-state index in [0.717, 1.165) is 36.0 Å². The molecule has 0 amide bonds. The molecule has 4 rings (SSSR count). The van der Waals surface area contributed by atoms with Gasteiger partial charge in [0.05, 0.1) is 17.5 Å². The van der Waals surface area contributed by atoms with Crippen LogP contribution in [0.25, 0.3) is 0 Å². The molecule has 1 aliphatic carbocycles. The predicted octanol–water partition coefficient (Wildman–Crippen LogP) is 1.72. The first-order valence-corrected chi connectivity index (χ1v) is 9.71. The van der Waals surface area contributed by atoms with Crippen LogP contribution in [0.4, 0.5) is 17.3 Å². The van der Waals surface area contributed by atoms with E-state index in [-0.39, 0.29) is 12.1 Å². The number of anilines is 3. The molecule has 1 aliphatic heterocycles. The molecule has 8 nitrogen and oxygen atoms in total. The lowest BCUT2D eigenvalue weighted by Crippen LogP contribution is -2.38. The first-order chi connectivity index (χ1) is 13.0. The van der Waals surface area contributed by atoms with Gasteiger partial charge >= 0.3 is 0 Å². The number of likely N-dealkylation sites (N-methyl/N-ethyl adjacent to an activating group) is 1. The molecule has 8 heteroatoms. The highest BCUT2D eigenvalue weighted by atomic mass is 16.3. The summed E-state index contributed by atoms with van der Waals surface area (Å²) in [5.41, 5.74) is 2.16. The minimum atomic E-state index is -0.315. The van der Waals surface area contributed by atoms with E-state index in [9.17, 15) is 5.11 Å². The smallest absolute Gasteiger partial charge is 0.135 e. The number of aromatic nitrogens is 4. The van der Waals surface area contributed by atoms with Crippen molar-refractivity contribution in [3.05, 3.63) is 24.3 Å². The van der Waals surface area contributed by atoms with Crippen molar-refractivity contribution in [1.82, 2.24) is 24.6 Å². The van der Waals surface area contributed by atoms with Gasteiger partial charge in [0.25, 0.3) is 0 Å². The van der Waals surface area contributed by atoms with Gasteiger partial charge in [0, 0.05) is 44.4 Å². The van der Waals surface area contributed by atoms with E-state index in [1.807, 2.05) is 24.0 Å². The number of nitrogens with one attached hydrogen (secondary N) is 1. The third-order valence-electron chi connectivity index (χ3n) is 5.53. The second-order valence-electron chi connectivity index (χ2n) is 8.07. The van der Waals surface area contributed by atoms with Crippen LogP contribution in [0.5, 0.6) is 0 Å². The van der Waals surface area contributed by atoms with Gasteiger partial charge in [-0.2, -0.15) is 5.10 Å². The Kier molecular flexibility index (Phi) is 5.01. The minimum Gasteiger partial charge on any atom is -0.391 e. The maximum absolute atomic E-state index is 10.2. The van der Waals surface area contributed by atoms with E-state index in [4.69, 9.17) is 0 Å². The average molecular weight is 371 g/mol. The molecule has 146 valence electrons. The molecule has 0 spiro atoms. The minimum absolute atomic E-state index is 0.252. The van der Waals surface area contributed by atoms with Crippen LogP contribution in [-0.2, 0) is 7.05 Å². The molecule has 0 bridgehead atoms. The Morgan fingerprint density at radius 3 is 2.81 bits per heavy atom. The zero-order valence-electron chi connectivity index (χ0n) is 16.3. The molecule has 1 saturated carbocycles. The highest BCUT2D eigenvalue weighted by Gasteiger charge is 2.32. The molecule has 3 heterocycles. The molecule has 2 aromatic rings. The topological polar surface area (TPSA) is 82.3 Å². The van der Waals surface area contributed by atoms with Crippen LogP contribution in [-0.4, -0.2) is 69.1 Å². The van der Waals surface area contributed by atoms with Crippen molar-refractivity contribution in [3.8, 4) is 0 Å². The maximum atomic E-state index is 10.2. The van der Waals surface area contributed by atoms with E-state index in [2.05, 4.69) is 44.3 Å². The van der Waals surface area contributed by atoms with Gasteiger partial charge in [-0.3, -0.25) is 4.68 Å².